The van der Waals surface area contributed by atoms with Crippen LogP contribution in [0.2, 0.25) is 5.02 Å². The number of likely N-dealkylation sites (N-methyl/N-ethyl adjacent to an activating group) is 2. The molecule has 1 aliphatic rings. The van der Waals surface area contributed by atoms with Crippen LogP contribution >= 0.6 is 22.9 Å². The Morgan fingerprint density at radius 3 is 2.69 bits per heavy atom. The number of aromatic nitrogens is 1. The summed E-state index contributed by atoms with van der Waals surface area (Å²) in [6, 6.07) is 3.41. The van der Waals surface area contributed by atoms with Gasteiger partial charge < -0.3 is 30.5 Å². The minimum Gasteiger partial charge on any atom is -0.495 e. The quantitative estimate of drug-likeness (QED) is 0.457. The molecule has 0 bridgehead atoms. The topological polar surface area (TPSA) is 133 Å². The number of carbonyl (C=O) groups is 4. The third kappa shape index (κ3) is 6.68. The lowest BCUT2D eigenvalue weighted by molar-refractivity contribution is -0.136. The van der Waals surface area contributed by atoms with Gasteiger partial charge in [0.15, 0.2) is 5.01 Å². The third-order valence-electron chi connectivity index (χ3n) is 5.24. The number of nitrogens with zero attached hydrogens (tertiary/aromatic N) is 3. The Morgan fingerprint density at radius 1 is 1.26 bits per heavy atom. The zero-order chi connectivity index (χ0) is 25.7. The number of ether oxygens (including phenoxy) is 1. The highest BCUT2D eigenvalue weighted by atomic mass is 35.5. The van der Waals surface area contributed by atoms with E-state index in [1.165, 1.54) is 55.6 Å². The Hall–Kier alpha value is -3.22. The maximum Gasteiger partial charge on any atom is 0.313 e. The molecule has 3 rings (SSSR count). The summed E-state index contributed by atoms with van der Waals surface area (Å²) >= 11 is 7.25. The molecule has 11 nitrogen and oxygen atoms in total. The molecule has 1 atom stereocenters. The van der Waals surface area contributed by atoms with Crippen molar-refractivity contribution in [3.63, 3.8) is 0 Å². The number of thiazole rings is 1. The van der Waals surface area contributed by atoms with E-state index in [2.05, 4.69) is 25.8 Å². The normalized spacial score (nSPS) is 13.9. The van der Waals surface area contributed by atoms with Crippen LogP contribution in [-0.4, -0.2) is 85.8 Å². The first-order valence-corrected chi connectivity index (χ1v) is 11.9. The number of fused-ring (bicyclic) bond motifs is 1. The van der Waals surface area contributed by atoms with E-state index in [1.54, 1.807) is 0 Å². The molecule has 4 amide bonds. The zero-order valence-electron chi connectivity index (χ0n) is 19.8. The number of anilines is 1. The highest BCUT2D eigenvalue weighted by Gasteiger charge is 2.28. The van der Waals surface area contributed by atoms with E-state index in [0.717, 1.165) is 23.5 Å². The second-order valence-corrected chi connectivity index (χ2v) is 9.64. The molecular formula is C22H27ClN6O5S. The number of halogens is 1. The van der Waals surface area contributed by atoms with Crippen LogP contribution in [0.3, 0.4) is 0 Å². The minimum absolute atomic E-state index is 0.252. The lowest BCUT2D eigenvalue weighted by Gasteiger charge is -2.21. The Labute approximate surface area is 211 Å². The van der Waals surface area contributed by atoms with Crippen LogP contribution in [0.25, 0.3) is 0 Å². The molecule has 0 fully saturated rings. The van der Waals surface area contributed by atoms with Crippen LogP contribution in [0.4, 0.5) is 5.69 Å². The molecule has 0 spiro atoms. The molecule has 35 heavy (non-hydrogen) atoms. The number of amides is 4. The fourth-order valence-electron chi connectivity index (χ4n) is 3.35. The van der Waals surface area contributed by atoms with E-state index in [4.69, 9.17) is 16.3 Å². The predicted octanol–water partition coefficient (Wildman–Crippen LogP) is 0.735. The first-order chi connectivity index (χ1) is 16.6. The van der Waals surface area contributed by atoms with E-state index in [9.17, 15) is 19.2 Å². The van der Waals surface area contributed by atoms with Gasteiger partial charge in [-0.2, -0.15) is 0 Å². The number of nitrogens with one attached hydrogen (secondary N) is 3. The van der Waals surface area contributed by atoms with Gasteiger partial charge in [0.05, 0.1) is 17.8 Å². The van der Waals surface area contributed by atoms with Crippen LogP contribution in [0.1, 0.15) is 20.4 Å². The van der Waals surface area contributed by atoms with Crippen molar-refractivity contribution in [2.24, 2.45) is 0 Å². The SMILES string of the molecule is COc1cc(NC(=O)C(=O)NCC(NC(=O)c2nc3c(s2)CN(C)CC3)C(=O)N(C)C)ccc1Cl. The summed E-state index contributed by atoms with van der Waals surface area (Å²) in [7, 11) is 6.48. The highest BCUT2D eigenvalue weighted by molar-refractivity contribution is 7.13. The second kappa shape index (κ2) is 11.5. The molecule has 1 aromatic carbocycles. The average molecular weight is 523 g/mol. The van der Waals surface area contributed by atoms with Crippen LogP contribution < -0.4 is 20.7 Å². The van der Waals surface area contributed by atoms with Crippen molar-refractivity contribution < 1.29 is 23.9 Å². The molecule has 1 aliphatic heterocycles. The standard InChI is InChI=1S/C22H27ClN6O5S/c1-28(2)22(33)15(26-20(32)21-27-14-7-8-29(3)11-17(14)35-21)10-24-18(30)19(31)25-12-5-6-13(23)16(9-12)34-4/h5-6,9,15H,7-8,10-11H2,1-4H3,(H,24,30)(H,25,31)(H,26,32). The maximum absolute atomic E-state index is 12.8. The first kappa shape index (κ1) is 26.4. The number of methoxy groups -OCH3 is 1. The molecule has 1 aromatic heterocycles. The third-order valence-corrected chi connectivity index (χ3v) is 6.64. The number of rotatable bonds is 7. The maximum atomic E-state index is 12.8. The van der Waals surface area contributed by atoms with Crippen molar-refractivity contribution in [3.05, 3.63) is 38.8 Å². The highest BCUT2D eigenvalue weighted by Crippen LogP contribution is 2.27. The van der Waals surface area contributed by atoms with Gasteiger partial charge in [-0.1, -0.05) is 11.6 Å². The Balaban J connectivity index is 1.63. The van der Waals surface area contributed by atoms with Crippen LogP contribution in [0, 0.1) is 0 Å². The fraction of sp³-hybridized carbons (Fsp3) is 0.409. The van der Waals surface area contributed by atoms with Gasteiger partial charge in [-0.05, 0) is 19.2 Å². The van der Waals surface area contributed by atoms with E-state index >= 15 is 0 Å². The van der Waals surface area contributed by atoms with Crippen LogP contribution in [-0.2, 0) is 27.3 Å². The molecule has 3 N–H and O–H groups in total. The number of hydrogen-bond donors (Lipinski definition) is 3. The van der Waals surface area contributed by atoms with Gasteiger partial charge in [0, 0.05) is 56.8 Å². The first-order valence-electron chi connectivity index (χ1n) is 10.7. The largest absolute Gasteiger partial charge is 0.495 e. The lowest BCUT2D eigenvalue weighted by Crippen LogP contribution is -2.53. The molecule has 188 valence electrons. The minimum atomic E-state index is -1.09. The average Bonchev–Trinajstić information content (AvgIpc) is 3.25. The van der Waals surface area contributed by atoms with E-state index in [-0.39, 0.29) is 11.6 Å². The molecule has 0 saturated heterocycles. The summed E-state index contributed by atoms with van der Waals surface area (Å²) in [5.74, 6) is -2.55. The second-order valence-electron chi connectivity index (χ2n) is 8.15. The van der Waals surface area contributed by atoms with Gasteiger partial charge in [0.25, 0.3) is 5.91 Å². The summed E-state index contributed by atoms with van der Waals surface area (Å²) in [5, 5.41) is 8.06. The zero-order valence-corrected chi connectivity index (χ0v) is 21.4. The molecule has 2 heterocycles. The Kier molecular flexibility index (Phi) is 8.65. The van der Waals surface area contributed by atoms with Crippen LogP contribution in [0.5, 0.6) is 5.75 Å². The van der Waals surface area contributed by atoms with Crippen LogP contribution in [0.15, 0.2) is 18.2 Å². The summed E-state index contributed by atoms with van der Waals surface area (Å²) < 4.78 is 5.09. The smallest absolute Gasteiger partial charge is 0.313 e. The number of benzene rings is 1. The van der Waals surface area contributed by atoms with Gasteiger partial charge in [-0.15, -0.1) is 11.3 Å². The summed E-state index contributed by atoms with van der Waals surface area (Å²) in [5.41, 5.74) is 1.19. The van der Waals surface area contributed by atoms with Crippen molar-refractivity contribution >= 4 is 52.3 Å². The molecule has 0 radical (unpaired) electrons. The molecule has 1 unspecified atom stereocenters. The lowest BCUT2D eigenvalue weighted by atomic mass is 10.2. The monoisotopic (exact) mass is 522 g/mol. The summed E-state index contributed by atoms with van der Waals surface area (Å²) in [6.45, 7) is 1.29. The van der Waals surface area contributed by atoms with Gasteiger partial charge in [0.2, 0.25) is 5.91 Å². The Morgan fingerprint density at radius 2 is 2.00 bits per heavy atom. The molecule has 0 saturated carbocycles. The van der Waals surface area contributed by atoms with E-state index in [0.29, 0.717) is 23.0 Å². The fourth-order valence-corrected chi connectivity index (χ4v) is 4.64. The van der Waals surface area contributed by atoms with Crippen molar-refractivity contribution in [2.75, 3.05) is 46.7 Å². The molecular weight excluding hydrogens is 496 g/mol. The number of hydrogen-bond acceptors (Lipinski definition) is 8. The van der Waals surface area contributed by atoms with Gasteiger partial charge in [-0.3, -0.25) is 19.2 Å². The van der Waals surface area contributed by atoms with Crippen molar-refractivity contribution in [1.82, 2.24) is 25.4 Å². The van der Waals surface area contributed by atoms with Gasteiger partial charge >= 0.3 is 11.8 Å². The van der Waals surface area contributed by atoms with Crippen molar-refractivity contribution in [1.29, 1.82) is 0 Å². The predicted molar refractivity (Wildman–Crippen MR) is 132 cm³/mol. The summed E-state index contributed by atoms with van der Waals surface area (Å²) in [4.78, 5) is 59.0. The molecule has 2 aromatic rings. The Bertz CT molecular complexity index is 1140. The molecule has 0 aliphatic carbocycles. The van der Waals surface area contributed by atoms with Gasteiger partial charge in [-0.25, -0.2) is 4.98 Å². The summed E-state index contributed by atoms with van der Waals surface area (Å²) in [6.07, 6.45) is 0.750. The van der Waals surface area contributed by atoms with E-state index < -0.39 is 29.7 Å². The van der Waals surface area contributed by atoms with Gasteiger partial charge in [0.1, 0.15) is 11.8 Å². The number of carbonyl (C=O) groups excluding carboxylic acids is 4. The van der Waals surface area contributed by atoms with E-state index in [1.807, 2.05) is 7.05 Å². The van der Waals surface area contributed by atoms with Crippen molar-refractivity contribution in [2.45, 2.75) is 19.0 Å². The van der Waals surface area contributed by atoms with Crippen molar-refractivity contribution in [3.8, 4) is 5.75 Å². The molecule has 13 heteroatoms.